The minimum atomic E-state index is 0.287. The van der Waals surface area contributed by atoms with Crippen molar-refractivity contribution in [3.63, 3.8) is 0 Å². The third-order valence-corrected chi connectivity index (χ3v) is 3.71. The van der Waals surface area contributed by atoms with Gasteiger partial charge in [0, 0.05) is 6.54 Å². The number of nitrogens with two attached hydrogens (primary N) is 2. The van der Waals surface area contributed by atoms with E-state index in [2.05, 4.69) is 28.2 Å². The van der Waals surface area contributed by atoms with Crippen LogP contribution in [0.4, 0.5) is 11.6 Å². The average molecular weight is 292 g/mol. The number of fused-ring (bicyclic) bond motifs is 1. The van der Waals surface area contributed by atoms with E-state index in [9.17, 15) is 5.26 Å². The monoisotopic (exact) mass is 292 g/mol. The van der Waals surface area contributed by atoms with E-state index in [0.717, 1.165) is 12.8 Å². The number of nitrogen functional groups attached to an aromatic ring is 2. The zero-order valence-electron chi connectivity index (χ0n) is 12.0. The fourth-order valence-electron chi connectivity index (χ4n) is 2.64. The average Bonchev–Trinajstić information content (AvgIpc) is 2.82. The highest BCUT2D eigenvalue weighted by Gasteiger charge is 2.18. The van der Waals surface area contributed by atoms with E-state index >= 15 is 0 Å². The Hall–Kier alpha value is -3.07. The molecule has 22 heavy (non-hydrogen) atoms. The third kappa shape index (κ3) is 2.33. The van der Waals surface area contributed by atoms with Crippen LogP contribution in [-0.4, -0.2) is 14.5 Å². The summed E-state index contributed by atoms with van der Waals surface area (Å²) in [5.74, 6) is 0.688. The molecule has 0 aliphatic carbocycles. The maximum Gasteiger partial charge on any atom is 0.148 e. The molecule has 3 aromatic rings. The molecule has 2 heterocycles. The van der Waals surface area contributed by atoms with Gasteiger partial charge < -0.3 is 16.0 Å². The van der Waals surface area contributed by atoms with Gasteiger partial charge in [-0.1, -0.05) is 30.3 Å². The molecule has 0 atom stereocenters. The molecule has 0 aliphatic heterocycles. The fourth-order valence-corrected chi connectivity index (χ4v) is 2.64. The number of aryl methyl sites for hydroxylation is 2. The predicted molar refractivity (Wildman–Crippen MR) is 85.8 cm³/mol. The minimum absolute atomic E-state index is 0.287. The van der Waals surface area contributed by atoms with Gasteiger partial charge in [0.25, 0.3) is 0 Å². The van der Waals surface area contributed by atoms with Crippen molar-refractivity contribution >= 4 is 22.7 Å². The number of anilines is 2. The molecule has 6 nitrogen and oxygen atoms in total. The summed E-state index contributed by atoms with van der Waals surface area (Å²) >= 11 is 0. The van der Waals surface area contributed by atoms with E-state index in [0.29, 0.717) is 29.0 Å². The maximum absolute atomic E-state index is 9.30. The number of rotatable bonds is 4. The summed E-state index contributed by atoms with van der Waals surface area (Å²) in [5, 5.41) is 9.85. The zero-order chi connectivity index (χ0) is 15.5. The molecular weight excluding hydrogens is 276 g/mol. The van der Waals surface area contributed by atoms with E-state index in [-0.39, 0.29) is 5.82 Å². The van der Waals surface area contributed by atoms with Crippen molar-refractivity contribution in [2.75, 3.05) is 11.5 Å². The van der Waals surface area contributed by atoms with Crippen molar-refractivity contribution in [2.45, 2.75) is 19.4 Å². The standard InChI is InChI=1S/C16H16N6/c17-9-12-13-14(18)20-10-21-16(13)22(15(12)19)8-4-7-11-5-2-1-3-6-11/h1-3,5-6,10H,4,7-8,19H2,(H2,18,20,21). The molecule has 0 aliphatic rings. The number of hydrogen-bond acceptors (Lipinski definition) is 5. The first-order valence-electron chi connectivity index (χ1n) is 7.04. The van der Waals surface area contributed by atoms with E-state index in [1.807, 2.05) is 22.8 Å². The van der Waals surface area contributed by atoms with Crippen molar-refractivity contribution in [1.29, 1.82) is 5.26 Å². The van der Waals surface area contributed by atoms with Crippen molar-refractivity contribution in [3.05, 3.63) is 47.8 Å². The molecule has 4 N–H and O–H groups in total. The largest absolute Gasteiger partial charge is 0.384 e. The molecule has 0 unspecified atom stereocenters. The molecule has 3 rings (SSSR count). The number of aromatic nitrogens is 3. The van der Waals surface area contributed by atoms with Crippen LogP contribution in [0.15, 0.2) is 36.7 Å². The zero-order valence-corrected chi connectivity index (χ0v) is 12.0. The van der Waals surface area contributed by atoms with Gasteiger partial charge in [-0.25, -0.2) is 9.97 Å². The Bertz CT molecular complexity index is 844. The Balaban J connectivity index is 1.90. The van der Waals surface area contributed by atoms with Crippen LogP contribution in [-0.2, 0) is 13.0 Å². The highest BCUT2D eigenvalue weighted by Crippen LogP contribution is 2.29. The summed E-state index contributed by atoms with van der Waals surface area (Å²) in [6.45, 7) is 0.676. The summed E-state index contributed by atoms with van der Waals surface area (Å²) in [7, 11) is 0. The Morgan fingerprint density at radius 3 is 2.64 bits per heavy atom. The lowest BCUT2D eigenvalue weighted by molar-refractivity contribution is 0.663. The normalized spacial score (nSPS) is 10.7. The smallest absolute Gasteiger partial charge is 0.148 e. The van der Waals surface area contributed by atoms with Crippen LogP contribution in [0.5, 0.6) is 0 Å². The number of nitriles is 1. The van der Waals surface area contributed by atoms with Crippen molar-refractivity contribution in [2.24, 2.45) is 0 Å². The Labute approximate surface area is 128 Å². The highest BCUT2D eigenvalue weighted by molar-refractivity contribution is 5.96. The molecule has 0 saturated heterocycles. The van der Waals surface area contributed by atoms with Gasteiger partial charge in [-0.2, -0.15) is 5.26 Å². The number of nitrogens with zero attached hydrogens (tertiary/aromatic N) is 4. The fraction of sp³-hybridized carbons (Fsp3) is 0.188. The summed E-state index contributed by atoms with van der Waals surface area (Å²) < 4.78 is 1.84. The number of hydrogen-bond donors (Lipinski definition) is 2. The van der Waals surface area contributed by atoms with E-state index in [1.54, 1.807) is 0 Å². The highest BCUT2D eigenvalue weighted by atomic mass is 15.1. The van der Waals surface area contributed by atoms with Crippen LogP contribution in [0.25, 0.3) is 11.0 Å². The molecule has 0 radical (unpaired) electrons. The van der Waals surface area contributed by atoms with Crippen LogP contribution < -0.4 is 11.5 Å². The first-order chi connectivity index (χ1) is 10.7. The molecule has 0 saturated carbocycles. The van der Waals surface area contributed by atoms with Gasteiger partial charge in [-0.05, 0) is 18.4 Å². The van der Waals surface area contributed by atoms with Gasteiger partial charge >= 0.3 is 0 Å². The SMILES string of the molecule is N#Cc1c(N)n(CCCc2ccccc2)c2ncnc(N)c12. The second-order valence-corrected chi connectivity index (χ2v) is 5.07. The van der Waals surface area contributed by atoms with Gasteiger partial charge in [0.1, 0.15) is 35.2 Å². The van der Waals surface area contributed by atoms with Gasteiger partial charge in [-0.15, -0.1) is 0 Å². The van der Waals surface area contributed by atoms with E-state index in [1.165, 1.54) is 11.9 Å². The maximum atomic E-state index is 9.30. The first-order valence-corrected chi connectivity index (χ1v) is 7.04. The van der Waals surface area contributed by atoms with Crippen molar-refractivity contribution in [1.82, 2.24) is 14.5 Å². The molecular formula is C16H16N6. The first kappa shape index (κ1) is 13.9. The number of benzene rings is 1. The van der Waals surface area contributed by atoms with Crippen molar-refractivity contribution in [3.8, 4) is 6.07 Å². The van der Waals surface area contributed by atoms with E-state index < -0.39 is 0 Å². The molecule has 1 aromatic carbocycles. The van der Waals surface area contributed by atoms with Crippen LogP contribution >= 0.6 is 0 Å². The van der Waals surface area contributed by atoms with Crippen LogP contribution in [0, 0.1) is 11.3 Å². The van der Waals surface area contributed by atoms with E-state index in [4.69, 9.17) is 11.5 Å². The predicted octanol–water partition coefficient (Wildman–Crippen LogP) is 2.10. The Morgan fingerprint density at radius 2 is 1.91 bits per heavy atom. The van der Waals surface area contributed by atoms with Crippen molar-refractivity contribution < 1.29 is 0 Å². The molecule has 0 fully saturated rings. The second-order valence-electron chi connectivity index (χ2n) is 5.07. The summed E-state index contributed by atoms with van der Waals surface area (Å²) in [5.41, 5.74) is 14.2. The van der Waals surface area contributed by atoms with Gasteiger partial charge in [-0.3, -0.25) is 0 Å². The lowest BCUT2D eigenvalue weighted by Gasteiger charge is -2.07. The quantitative estimate of drug-likeness (QED) is 0.765. The molecule has 0 spiro atoms. The minimum Gasteiger partial charge on any atom is -0.384 e. The molecule has 2 aromatic heterocycles. The summed E-state index contributed by atoms with van der Waals surface area (Å²) in [4.78, 5) is 8.18. The second kappa shape index (κ2) is 5.74. The van der Waals surface area contributed by atoms with Gasteiger partial charge in [0.05, 0.1) is 5.39 Å². The molecule has 6 heteroatoms. The van der Waals surface area contributed by atoms with Crippen LogP contribution in [0.2, 0.25) is 0 Å². The van der Waals surface area contributed by atoms with Gasteiger partial charge in [0.2, 0.25) is 0 Å². The Morgan fingerprint density at radius 1 is 1.14 bits per heavy atom. The lowest BCUT2D eigenvalue weighted by atomic mass is 10.1. The topological polar surface area (TPSA) is 107 Å². The Kier molecular flexibility index (Phi) is 3.62. The van der Waals surface area contributed by atoms with Crippen LogP contribution in [0.1, 0.15) is 17.5 Å². The lowest BCUT2D eigenvalue weighted by Crippen LogP contribution is -2.05. The van der Waals surface area contributed by atoms with Crippen LogP contribution in [0.3, 0.4) is 0 Å². The summed E-state index contributed by atoms with van der Waals surface area (Å²) in [6, 6.07) is 12.3. The summed E-state index contributed by atoms with van der Waals surface area (Å²) in [6.07, 6.45) is 3.22. The molecule has 0 bridgehead atoms. The third-order valence-electron chi connectivity index (χ3n) is 3.71. The molecule has 0 amide bonds. The van der Waals surface area contributed by atoms with Gasteiger partial charge in [0.15, 0.2) is 0 Å². The molecule has 110 valence electrons.